The number of carbonyl (C=O) groups is 1. The van der Waals surface area contributed by atoms with E-state index in [0.717, 1.165) is 41.5 Å². The van der Waals surface area contributed by atoms with Crippen molar-refractivity contribution in [1.29, 1.82) is 0 Å². The molecular formula is C24H30BrN3O4. The molecule has 0 aromatic heterocycles. The predicted octanol–water partition coefficient (Wildman–Crippen LogP) is 5.27. The zero-order valence-electron chi connectivity index (χ0n) is 18.3. The first-order valence-electron chi connectivity index (χ1n) is 11.0. The number of para-hydroxylation sites is 1. The number of halogens is 1. The van der Waals surface area contributed by atoms with Crippen LogP contribution in [0.2, 0.25) is 0 Å². The monoisotopic (exact) mass is 503 g/mol. The van der Waals surface area contributed by atoms with E-state index in [0.29, 0.717) is 31.3 Å². The van der Waals surface area contributed by atoms with Gasteiger partial charge in [-0.25, -0.2) is 10.2 Å². The molecule has 172 valence electrons. The molecule has 0 saturated heterocycles. The van der Waals surface area contributed by atoms with Gasteiger partial charge in [-0.2, -0.15) is 5.10 Å². The second kappa shape index (κ2) is 13.0. The molecule has 7 nitrogen and oxygen atoms in total. The van der Waals surface area contributed by atoms with E-state index in [1.807, 2.05) is 49.4 Å². The highest BCUT2D eigenvalue weighted by Crippen LogP contribution is 2.36. The minimum absolute atomic E-state index is 0.236. The third kappa shape index (κ3) is 7.75. The van der Waals surface area contributed by atoms with E-state index < -0.39 is 0 Å². The quantitative estimate of drug-likeness (QED) is 0.262. The Morgan fingerprint density at radius 2 is 1.84 bits per heavy atom. The van der Waals surface area contributed by atoms with Crippen LogP contribution in [0.15, 0.2) is 52.0 Å². The van der Waals surface area contributed by atoms with Crippen molar-refractivity contribution in [2.45, 2.75) is 45.1 Å². The molecule has 1 saturated carbocycles. The molecule has 0 heterocycles. The average molecular weight is 504 g/mol. The Labute approximate surface area is 197 Å². The fourth-order valence-electron chi connectivity index (χ4n) is 3.52. The molecule has 2 aromatic rings. The summed E-state index contributed by atoms with van der Waals surface area (Å²) in [6.45, 7) is 3.18. The fourth-order valence-corrected chi connectivity index (χ4v) is 4.09. The summed E-state index contributed by atoms with van der Waals surface area (Å²) in [6.07, 6.45) is 7.20. The van der Waals surface area contributed by atoms with Gasteiger partial charge in [0.15, 0.2) is 11.5 Å². The van der Waals surface area contributed by atoms with E-state index in [1.165, 1.54) is 6.42 Å². The first kappa shape index (κ1) is 23.9. The zero-order valence-corrected chi connectivity index (χ0v) is 19.9. The van der Waals surface area contributed by atoms with E-state index in [9.17, 15) is 4.79 Å². The van der Waals surface area contributed by atoms with Crippen molar-refractivity contribution in [2.24, 2.45) is 5.10 Å². The van der Waals surface area contributed by atoms with Crippen LogP contribution in [0.1, 0.15) is 44.6 Å². The van der Waals surface area contributed by atoms with Crippen LogP contribution in [-0.2, 0) is 0 Å². The summed E-state index contributed by atoms with van der Waals surface area (Å²) in [5.41, 5.74) is 3.31. The zero-order chi connectivity index (χ0) is 22.6. The largest absolute Gasteiger partial charge is 0.490 e. The minimum atomic E-state index is -0.282. The number of hydrazone groups is 1. The number of carbonyl (C=O) groups excluding carboxylic acids is 1. The van der Waals surface area contributed by atoms with Crippen LogP contribution < -0.4 is 25.0 Å². The minimum Gasteiger partial charge on any atom is -0.490 e. The van der Waals surface area contributed by atoms with Crippen molar-refractivity contribution < 1.29 is 19.0 Å². The molecule has 0 spiro atoms. The van der Waals surface area contributed by atoms with Crippen molar-refractivity contribution >= 4 is 28.2 Å². The van der Waals surface area contributed by atoms with Gasteiger partial charge in [-0.1, -0.05) is 37.5 Å². The van der Waals surface area contributed by atoms with Crippen molar-refractivity contribution in [3.63, 3.8) is 0 Å². The van der Waals surface area contributed by atoms with Crippen LogP contribution >= 0.6 is 15.9 Å². The fraction of sp³-hybridized carbons (Fsp3) is 0.417. The van der Waals surface area contributed by atoms with Crippen LogP contribution in [0, 0.1) is 0 Å². The molecule has 2 amide bonds. The number of nitrogens with one attached hydrogen (secondary N) is 2. The lowest BCUT2D eigenvalue weighted by Gasteiger charge is -2.22. The topological polar surface area (TPSA) is 81.2 Å². The first-order chi connectivity index (χ1) is 15.7. The molecule has 8 heteroatoms. The van der Waals surface area contributed by atoms with Crippen molar-refractivity contribution in [2.75, 3.05) is 19.8 Å². The first-order valence-corrected chi connectivity index (χ1v) is 11.8. The molecule has 0 atom stereocenters. The van der Waals surface area contributed by atoms with E-state index in [-0.39, 0.29) is 12.1 Å². The molecule has 2 aromatic carbocycles. The Balaban J connectivity index is 1.54. The summed E-state index contributed by atoms with van der Waals surface area (Å²) < 4.78 is 18.1. The van der Waals surface area contributed by atoms with E-state index in [1.54, 1.807) is 6.21 Å². The van der Waals surface area contributed by atoms with Gasteiger partial charge in [0.05, 0.1) is 17.3 Å². The highest BCUT2D eigenvalue weighted by Gasteiger charge is 2.15. The maximum Gasteiger partial charge on any atom is 0.335 e. The number of amides is 2. The van der Waals surface area contributed by atoms with Gasteiger partial charge >= 0.3 is 6.03 Å². The molecule has 0 aliphatic heterocycles. The average Bonchev–Trinajstić information content (AvgIpc) is 2.79. The highest BCUT2D eigenvalue weighted by atomic mass is 79.9. The van der Waals surface area contributed by atoms with Gasteiger partial charge in [0, 0.05) is 6.04 Å². The predicted molar refractivity (Wildman–Crippen MR) is 129 cm³/mol. The Hall–Kier alpha value is -2.74. The second-order valence-electron chi connectivity index (χ2n) is 7.45. The van der Waals surface area contributed by atoms with Gasteiger partial charge in [-0.15, -0.1) is 0 Å². The van der Waals surface area contributed by atoms with Crippen molar-refractivity contribution in [1.82, 2.24) is 10.7 Å². The van der Waals surface area contributed by atoms with Crippen molar-refractivity contribution in [3.8, 4) is 17.2 Å². The lowest BCUT2D eigenvalue weighted by molar-refractivity contribution is 0.207. The normalized spacial score (nSPS) is 14.2. The van der Waals surface area contributed by atoms with Gasteiger partial charge in [-0.3, -0.25) is 0 Å². The number of nitrogens with zero attached hydrogens (tertiary/aromatic N) is 1. The van der Waals surface area contributed by atoms with Gasteiger partial charge in [-0.05, 0) is 65.5 Å². The van der Waals surface area contributed by atoms with Gasteiger partial charge in [0.25, 0.3) is 0 Å². The summed E-state index contributed by atoms with van der Waals surface area (Å²) in [7, 11) is 0. The van der Waals surface area contributed by atoms with E-state index in [4.69, 9.17) is 14.2 Å². The number of ether oxygens (including phenoxy) is 3. The standard InChI is InChI=1S/C24H30BrN3O4/c1-2-30-22-16-18(17-26-28-24(29)27-19-9-5-3-6-10-19)15-21(25)23(22)32-14-13-31-20-11-7-4-8-12-20/h4,7-8,11-12,15-17,19H,2-3,5-6,9-10,13-14H2,1H3,(H2,27,28,29). The molecule has 3 rings (SSSR count). The summed E-state index contributed by atoms with van der Waals surface area (Å²) in [5, 5.41) is 7.03. The van der Waals surface area contributed by atoms with E-state index >= 15 is 0 Å². The molecule has 2 N–H and O–H groups in total. The maximum atomic E-state index is 12.0. The summed E-state index contributed by atoms with van der Waals surface area (Å²) in [5.74, 6) is 1.99. The Kier molecular flexibility index (Phi) is 9.68. The molecular weight excluding hydrogens is 474 g/mol. The number of hydrogen-bond donors (Lipinski definition) is 2. The van der Waals surface area contributed by atoms with Crippen LogP contribution in [0.25, 0.3) is 0 Å². The van der Waals surface area contributed by atoms with Gasteiger partial charge < -0.3 is 19.5 Å². The molecule has 1 fully saturated rings. The SMILES string of the molecule is CCOc1cc(C=NNC(=O)NC2CCCCC2)cc(Br)c1OCCOc1ccccc1. The Morgan fingerprint density at radius 3 is 2.59 bits per heavy atom. The summed E-state index contributed by atoms with van der Waals surface area (Å²) in [4.78, 5) is 12.0. The van der Waals surface area contributed by atoms with Crippen LogP contribution in [0.3, 0.4) is 0 Å². The third-order valence-corrected chi connectivity index (χ3v) is 5.58. The van der Waals surface area contributed by atoms with Gasteiger partial charge in [0.1, 0.15) is 19.0 Å². The molecule has 0 bridgehead atoms. The summed E-state index contributed by atoms with van der Waals surface area (Å²) >= 11 is 3.54. The number of urea groups is 1. The van der Waals surface area contributed by atoms with Crippen LogP contribution in [0.4, 0.5) is 4.79 Å². The second-order valence-corrected chi connectivity index (χ2v) is 8.31. The molecule has 1 aliphatic rings. The third-order valence-electron chi connectivity index (χ3n) is 4.99. The molecule has 0 unspecified atom stereocenters. The number of hydrogen-bond acceptors (Lipinski definition) is 5. The van der Waals surface area contributed by atoms with Gasteiger partial charge in [0.2, 0.25) is 0 Å². The molecule has 1 aliphatic carbocycles. The highest BCUT2D eigenvalue weighted by molar-refractivity contribution is 9.10. The summed E-state index contributed by atoms with van der Waals surface area (Å²) in [6, 6.07) is 13.2. The van der Waals surface area contributed by atoms with Crippen LogP contribution in [-0.4, -0.2) is 38.1 Å². The maximum absolute atomic E-state index is 12.0. The Bertz CT molecular complexity index is 886. The Morgan fingerprint density at radius 1 is 1.09 bits per heavy atom. The van der Waals surface area contributed by atoms with E-state index in [2.05, 4.69) is 31.8 Å². The lowest BCUT2D eigenvalue weighted by Crippen LogP contribution is -2.41. The van der Waals surface area contributed by atoms with Crippen molar-refractivity contribution in [3.05, 3.63) is 52.5 Å². The van der Waals surface area contributed by atoms with Crippen LogP contribution in [0.5, 0.6) is 17.2 Å². The lowest BCUT2D eigenvalue weighted by atomic mass is 9.96. The molecule has 32 heavy (non-hydrogen) atoms. The smallest absolute Gasteiger partial charge is 0.335 e. The number of rotatable bonds is 10. The molecule has 0 radical (unpaired) electrons. The number of benzene rings is 2.